The molecule has 0 aliphatic carbocycles. The summed E-state index contributed by atoms with van der Waals surface area (Å²) >= 11 is 0. The van der Waals surface area contributed by atoms with E-state index in [4.69, 9.17) is 4.74 Å². The Hall–Kier alpha value is -3.03. The van der Waals surface area contributed by atoms with Gasteiger partial charge in [-0.2, -0.15) is 13.2 Å². The van der Waals surface area contributed by atoms with Crippen molar-refractivity contribution >= 4 is 23.5 Å². The van der Waals surface area contributed by atoms with Crippen molar-refractivity contribution in [2.45, 2.75) is 32.5 Å². The van der Waals surface area contributed by atoms with Gasteiger partial charge in [0.1, 0.15) is 6.61 Å². The van der Waals surface area contributed by atoms with Crippen molar-refractivity contribution in [3.05, 3.63) is 53.2 Å². The van der Waals surface area contributed by atoms with Gasteiger partial charge in [-0.25, -0.2) is 4.98 Å². The highest BCUT2D eigenvalue weighted by Gasteiger charge is 2.22. The number of aryl methyl sites for hydroxylation is 1. The van der Waals surface area contributed by atoms with E-state index in [1.54, 1.807) is 13.0 Å². The highest BCUT2D eigenvalue weighted by atomic mass is 19.4. The van der Waals surface area contributed by atoms with E-state index in [1.165, 1.54) is 24.4 Å². The molecule has 0 radical (unpaired) electrons. The summed E-state index contributed by atoms with van der Waals surface area (Å²) in [6.45, 7) is 4.24. The molecule has 148 valence electrons. The van der Waals surface area contributed by atoms with E-state index < -0.39 is 6.18 Å². The lowest BCUT2D eigenvalue weighted by molar-refractivity contribution is -0.0790. The number of fused-ring (bicyclic) bond motifs is 1. The lowest BCUT2D eigenvalue weighted by atomic mass is 10.0. The van der Waals surface area contributed by atoms with Gasteiger partial charge in [0.25, 0.3) is 5.91 Å². The summed E-state index contributed by atoms with van der Waals surface area (Å²) in [5.41, 5.74) is 1.77. The van der Waals surface area contributed by atoms with Crippen LogP contribution in [0.1, 0.15) is 34.8 Å². The number of halogens is 3. The molecule has 2 aromatic rings. The number of hydrogen-bond donors (Lipinski definition) is 2. The summed E-state index contributed by atoms with van der Waals surface area (Å²) in [4.78, 5) is 16.8. The molecule has 1 aromatic carbocycles. The van der Waals surface area contributed by atoms with Crippen LogP contribution in [0.2, 0.25) is 0 Å². The third kappa shape index (κ3) is 4.82. The maximum Gasteiger partial charge on any atom is 0.409 e. The van der Waals surface area contributed by atoms with Gasteiger partial charge in [0.15, 0.2) is 11.6 Å². The maximum atomic E-state index is 12.5. The minimum absolute atomic E-state index is 0.164. The zero-order chi connectivity index (χ0) is 20.3. The summed E-state index contributed by atoms with van der Waals surface area (Å²) in [7, 11) is 0. The van der Waals surface area contributed by atoms with Crippen molar-refractivity contribution in [2.75, 3.05) is 17.2 Å². The van der Waals surface area contributed by atoms with Gasteiger partial charge in [0.2, 0.25) is 0 Å². The molecule has 1 unspecified atom stereocenters. The minimum atomic E-state index is -4.38. The van der Waals surface area contributed by atoms with E-state index in [9.17, 15) is 18.0 Å². The van der Waals surface area contributed by atoms with E-state index in [0.29, 0.717) is 40.6 Å². The number of aromatic nitrogens is 1. The number of nitrogens with zero attached hydrogens (tertiary/aromatic N) is 1. The number of rotatable bonds is 4. The molecule has 0 spiro atoms. The molecule has 8 heteroatoms. The van der Waals surface area contributed by atoms with Gasteiger partial charge in [-0.3, -0.25) is 4.79 Å². The molecule has 1 aromatic heterocycles. The molecule has 0 fully saturated rings. The van der Waals surface area contributed by atoms with Crippen LogP contribution < -0.4 is 15.4 Å². The van der Waals surface area contributed by atoms with E-state index in [0.717, 1.165) is 12.5 Å². The molecule has 2 heterocycles. The zero-order valence-electron chi connectivity index (χ0n) is 15.4. The summed E-state index contributed by atoms with van der Waals surface area (Å²) < 4.78 is 42.5. The zero-order valence-corrected chi connectivity index (χ0v) is 15.4. The summed E-state index contributed by atoms with van der Waals surface area (Å²) in [5, 5.41) is 6.00. The number of carbonyl (C=O) groups is 1. The monoisotopic (exact) mass is 391 g/mol. The van der Waals surface area contributed by atoms with Crippen molar-refractivity contribution < 1.29 is 22.7 Å². The molecule has 1 atom stereocenters. The van der Waals surface area contributed by atoms with E-state index in [1.807, 2.05) is 6.92 Å². The second kappa shape index (κ2) is 7.92. The summed E-state index contributed by atoms with van der Waals surface area (Å²) in [6, 6.07) is 6.38. The Balaban J connectivity index is 1.72. The number of carbonyl (C=O) groups excluding carboxylic acids is 1. The van der Waals surface area contributed by atoms with Crippen LogP contribution in [0.25, 0.3) is 6.08 Å². The Bertz CT molecular complexity index is 910. The van der Waals surface area contributed by atoms with Crippen molar-refractivity contribution in [3.8, 4) is 5.75 Å². The number of anilines is 2. The van der Waals surface area contributed by atoms with Crippen molar-refractivity contribution in [3.63, 3.8) is 0 Å². The number of benzene rings is 1. The third-order valence-electron chi connectivity index (χ3n) is 4.34. The Morgan fingerprint density at radius 2 is 2.18 bits per heavy atom. The molecule has 0 bridgehead atoms. The second-order valence-corrected chi connectivity index (χ2v) is 6.53. The number of hydrogen-bond acceptors (Lipinski definition) is 4. The van der Waals surface area contributed by atoms with E-state index in [-0.39, 0.29) is 18.0 Å². The highest BCUT2D eigenvalue weighted by molar-refractivity contribution is 6.05. The van der Waals surface area contributed by atoms with Crippen molar-refractivity contribution in [1.29, 1.82) is 0 Å². The van der Waals surface area contributed by atoms with Crippen LogP contribution in [0, 0.1) is 6.92 Å². The van der Waals surface area contributed by atoms with Gasteiger partial charge in [-0.1, -0.05) is 25.1 Å². The fourth-order valence-electron chi connectivity index (χ4n) is 2.81. The number of nitrogens with one attached hydrogen (secondary N) is 2. The Labute approximate surface area is 160 Å². The highest BCUT2D eigenvalue weighted by Crippen LogP contribution is 2.30. The number of amides is 1. The van der Waals surface area contributed by atoms with E-state index in [2.05, 4.69) is 15.6 Å². The molecule has 2 N–H and O–H groups in total. The number of alkyl halides is 3. The lowest BCUT2D eigenvalue weighted by Gasteiger charge is -2.26. The van der Waals surface area contributed by atoms with Gasteiger partial charge in [0, 0.05) is 17.7 Å². The SMILES string of the molecule is CCC1COc2cc(NC(=O)c3ccc(/C=C/C(F)(F)F)cc3C)cnc2N1. The van der Waals surface area contributed by atoms with Crippen LogP contribution in [0.5, 0.6) is 5.75 Å². The Morgan fingerprint density at radius 3 is 2.86 bits per heavy atom. The quantitative estimate of drug-likeness (QED) is 0.786. The van der Waals surface area contributed by atoms with Crippen molar-refractivity contribution in [1.82, 2.24) is 4.98 Å². The van der Waals surface area contributed by atoms with Crippen LogP contribution in [0.3, 0.4) is 0 Å². The normalized spacial score (nSPS) is 16.2. The van der Waals surface area contributed by atoms with Crippen LogP contribution in [0.15, 0.2) is 36.5 Å². The molecule has 3 rings (SSSR count). The molecular weight excluding hydrogens is 371 g/mol. The molecule has 1 amide bonds. The molecular formula is C20H20F3N3O2. The molecule has 5 nitrogen and oxygen atoms in total. The fourth-order valence-corrected chi connectivity index (χ4v) is 2.81. The first-order valence-corrected chi connectivity index (χ1v) is 8.82. The predicted molar refractivity (Wildman–Crippen MR) is 102 cm³/mol. The molecule has 0 saturated carbocycles. The predicted octanol–water partition coefficient (Wildman–Crippen LogP) is 4.80. The first kappa shape index (κ1) is 19.7. The van der Waals surface area contributed by atoms with Gasteiger partial charge in [0.05, 0.1) is 17.9 Å². The van der Waals surface area contributed by atoms with Crippen molar-refractivity contribution in [2.24, 2.45) is 0 Å². The standard InChI is InChI=1S/C20H20F3N3O2/c1-3-14-11-28-17-9-15(10-24-18(17)25-14)26-19(27)16-5-4-13(8-12(16)2)6-7-20(21,22)23/h4-10,14H,3,11H2,1-2H3,(H,24,25)(H,26,27)/b7-6+. The molecule has 1 aliphatic rings. The lowest BCUT2D eigenvalue weighted by Crippen LogP contribution is -2.31. The molecule has 0 saturated heterocycles. The third-order valence-corrected chi connectivity index (χ3v) is 4.34. The maximum absolute atomic E-state index is 12.5. The Morgan fingerprint density at radius 1 is 1.39 bits per heavy atom. The van der Waals surface area contributed by atoms with Gasteiger partial charge in [-0.05, 0) is 30.5 Å². The topological polar surface area (TPSA) is 63.2 Å². The van der Waals surface area contributed by atoms with Gasteiger partial charge in [-0.15, -0.1) is 0 Å². The number of ether oxygens (including phenoxy) is 1. The van der Waals surface area contributed by atoms with Gasteiger partial charge < -0.3 is 15.4 Å². The minimum Gasteiger partial charge on any atom is -0.487 e. The first-order chi connectivity index (χ1) is 13.2. The largest absolute Gasteiger partial charge is 0.487 e. The molecule has 1 aliphatic heterocycles. The smallest absolute Gasteiger partial charge is 0.409 e. The van der Waals surface area contributed by atoms with Gasteiger partial charge >= 0.3 is 6.18 Å². The fraction of sp³-hybridized carbons (Fsp3) is 0.300. The first-order valence-electron chi connectivity index (χ1n) is 8.82. The Kier molecular flexibility index (Phi) is 5.58. The van der Waals surface area contributed by atoms with E-state index >= 15 is 0 Å². The van der Waals surface area contributed by atoms with Crippen LogP contribution in [-0.4, -0.2) is 29.7 Å². The molecule has 28 heavy (non-hydrogen) atoms. The number of pyridine rings is 1. The average Bonchev–Trinajstić information content (AvgIpc) is 2.65. The van der Waals surface area contributed by atoms with Crippen LogP contribution >= 0.6 is 0 Å². The van der Waals surface area contributed by atoms with Crippen LogP contribution in [-0.2, 0) is 0 Å². The van der Waals surface area contributed by atoms with Crippen LogP contribution in [0.4, 0.5) is 24.7 Å². The number of allylic oxidation sites excluding steroid dienone is 1. The average molecular weight is 391 g/mol. The summed E-state index contributed by atoms with van der Waals surface area (Å²) in [6.07, 6.45) is -0.807. The summed E-state index contributed by atoms with van der Waals surface area (Å²) in [5.74, 6) is 0.820. The second-order valence-electron chi connectivity index (χ2n) is 6.53.